The summed E-state index contributed by atoms with van der Waals surface area (Å²) in [7, 11) is -3.63. The normalized spacial score (nSPS) is 17.5. The van der Waals surface area contributed by atoms with Gasteiger partial charge in [-0.2, -0.15) is 4.31 Å². The van der Waals surface area contributed by atoms with Gasteiger partial charge < -0.3 is 10.1 Å². The lowest BCUT2D eigenvalue weighted by atomic mass is 10.2. The van der Waals surface area contributed by atoms with E-state index < -0.39 is 10.0 Å². The molecule has 174 valence electrons. The quantitative estimate of drug-likeness (QED) is 0.544. The Bertz CT molecular complexity index is 1060. The molecule has 0 atom stereocenters. The van der Waals surface area contributed by atoms with Crippen molar-refractivity contribution in [1.29, 1.82) is 0 Å². The number of thioether (sulfide) groups is 1. The zero-order valence-corrected chi connectivity index (χ0v) is 19.9. The molecule has 4 rings (SSSR count). The van der Waals surface area contributed by atoms with Crippen molar-refractivity contribution in [3.8, 4) is 5.75 Å². The van der Waals surface area contributed by atoms with Gasteiger partial charge in [-0.1, -0.05) is 18.2 Å². The zero-order chi connectivity index (χ0) is 22.7. The average Bonchev–Trinajstić information content (AvgIpc) is 3.51. The molecule has 2 aromatic rings. The molecule has 1 aliphatic carbocycles. The second-order valence-electron chi connectivity index (χ2n) is 8.26. The number of rotatable bonds is 9. The molecule has 1 amide bonds. The lowest BCUT2D eigenvalue weighted by Gasteiger charge is -2.26. The fraction of sp³-hybridized carbons (Fsp3) is 0.600. The summed E-state index contributed by atoms with van der Waals surface area (Å²) in [5, 5.41) is 15.1. The lowest BCUT2D eigenvalue weighted by Crippen LogP contribution is -2.35. The number of sulfonamides is 1. The van der Waals surface area contributed by atoms with E-state index in [1.54, 1.807) is 10.7 Å². The molecule has 1 aromatic carbocycles. The van der Waals surface area contributed by atoms with Gasteiger partial charge in [-0.05, 0) is 68.2 Å². The Labute approximate surface area is 192 Å². The van der Waals surface area contributed by atoms with Crippen molar-refractivity contribution in [2.24, 2.45) is 0 Å². The number of nitrogens with one attached hydrogen (secondary N) is 1. The van der Waals surface area contributed by atoms with Gasteiger partial charge in [-0.25, -0.2) is 13.1 Å². The Morgan fingerprint density at radius 2 is 2.00 bits per heavy atom. The average molecular weight is 481 g/mol. The molecule has 0 unspecified atom stereocenters. The molecule has 2 fully saturated rings. The summed E-state index contributed by atoms with van der Waals surface area (Å²) < 4.78 is 35.2. The van der Waals surface area contributed by atoms with E-state index in [2.05, 4.69) is 20.8 Å². The number of carbonyl (C=O) groups excluding carboxylic acids is 1. The van der Waals surface area contributed by atoms with Crippen molar-refractivity contribution in [2.45, 2.75) is 68.1 Å². The van der Waals surface area contributed by atoms with Crippen LogP contribution in [0.1, 0.15) is 52.0 Å². The molecule has 12 heteroatoms. The van der Waals surface area contributed by atoms with Crippen LogP contribution in [0, 0.1) is 0 Å². The molecule has 1 saturated heterocycles. The Kier molecular flexibility index (Phi) is 7.01. The van der Waals surface area contributed by atoms with Gasteiger partial charge in [-0.3, -0.25) is 4.79 Å². The Morgan fingerprint density at radius 3 is 2.69 bits per heavy atom. The Hall–Kier alpha value is -2.18. The maximum absolute atomic E-state index is 13.1. The highest BCUT2D eigenvalue weighted by Gasteiger charge is 2.29. The van der Waals surface area contributed by atoms with Gasteiger partial charge in [0.05, 0.1) is 28.5 Å². The van der Waals surface area contributed by atoms with Crippen LogP contribution >= 0.6 is 11.8 Å². The largest absolute Gasteiger partial charge is 0.489 e. The molecule has 1 N–H and O–H groups in total. The number of nitrogens with zero attached hydrogens (tertiary/aromatic N) is 5. The summed E-state index contributed by atoms with van der Waals surface area (Å²) in [6.07, 6.45) is 4.70. The van der Waals surface area contributed by atoms with Crippen molar-refractivity contribution < 1.29 is 17.9 Å². The van der Waals surface area contributed by atoms with Crippen LogP contribution in [0.3, 0.4) is 0 Å². The molecule has 2 heterocycles. The van der Waals surface area contributed by atoms with Crippen molar-refractivity contribution >= 4 is 33.4 Å². The minimum Gasteiger partial charge on any atom is -0.489 e. The monoisotopic (exact) mass is 480 g/mol. The number of tetrazole rings is 1. The SMILES string of the molecule is CC(C)Oc1ccc(S(=O)(=O)N2CCCCC2)cc1NC(=O)CSc1nnnn1C1CC1. The number of carbonyl (C=O) groups is 1. The Morgan fingerprint density at radius 1 is 1.25 bits per heavy atom. The highest BCUT2D eigenvalue weighted by molar-refractivity contribution is 7.99. The predicted molar refractivity (Wildman–Crippen MR) is 120 cm³/mol. The van der Waals surface area contributed by atoms with Gasteiger partial charge in [0, 0.05) is 13.1 Å². The minimum atomic E-state index is -3.63. The minimum absolute atomic E-state index is 0.0946. The topological polar surface area (TPSA) is 119 Å². The molecule has 0 bridgehead atoms. The van der Waals surface area contributed by atoms with Crippen molar-refractivity contribution in [1.82, 2.24) is 24.5 Å². The second-order valence-corrected chi connectivity index (χ2v) is 11.1. The summed E-state index contributed by atoms with van der Waals surface area (Å²) in [5.41, 5.74) is 0.337. The molecule has 1 saturated carbocycles. The number of hydrogen-bond donors (Lipinski definition) is 1. The molecule has 0 radical (unpaired) electrons. The summed E-state index contributed by atoms with van der Waals surface area (Å²) in [4.78, 5) is 12.8. The number of aromatic nitrogens is 4. The summed E-state index contributed by atoms with van der Waals surface area (Å²) in [6.45, 7) is 4.77. The van der Waals surface area contributed by atoms with E-state index in [0.29, 0.717) is 35.7 Å². The van der Waals surface area contributed by atoms with E-state index in [1.165, 1.54) is 28.2 Å². The highest BCUT2D eigenvalue weighted by Crippen LogP contribution is 2.36. The van der Waals surface area contributed by atoms with Crippen molar-refractivity contribution in [3.63, 3.8) is 0 Å². The fourth-order valence-electron chi connectivity index (χ4n) is 3.52. The Balaban J connectivity index is 1.50. The van der Waals surface area contributed by atoms with E-state index >= 15 is 0 Å². The molecular weight excluding hydrogens is 452 g/mol. The van der Waals surface area contributed by atoms with Crippen LogP contribution in [0.2, 0.25) is 0 Å². The molecule has 32 heavy (non-hydrogen) atoms. The van der Waals surface area contributed by atoms with Gasteiger partial charge >= 0.3 is 0 Å². The van der Waals surface area contributed by atoms with Crippen molar-refractivity contribution in [3.05, 3.63) is 18.2 Å². The summed E-state index contributed by atoms with van der Waals surface area (Å²) >= 11 is 1.25. The fourth-order valence-corrected chi connectivity index (χ4v) is 5.81. The molecule has 1 aliphatic heterocycles. The third-order valence-corrected chi connectivity index (χ3v) is 8.06. The third kappa shape index (κ3) is 5.41. The van der Waals surface area contributed by atoms with Crippen LogP contribution in [0.25, 0.3) is 0 Å². The van der Waals surface area contributed by atoms with Crippen LogP contribution in [-0.4, -0.2) is 63.8 Å². The predicted octanol–water partition coefficient (Wildman–Crippen LogP) is 2.70. The number of ether oxygens (including phenoxy) is 1. The van der Waals surface area contributed by atoms with E-state index in [0.717, 1.165) is 32.1 Å². The third-order valence-electron chi connectivity index (χ3n) is 5.23. The second kappa shape index (κ2) is 9.75. The number of piperidine rings is 1. The van der Waals surface area contributed by atoms with Crippen LogP contribution in [0.5, 0.6) is 5.75 Å². The van der Waals surface area contributed by atoms with Gasteiger partial charge in [0.25, 0.3) is 0 Å². The molecule has 10 nitrogen and oxygen atoms in total. The molecule has 1 aromatic heterocycles. The molecule has 2 aliphatic rings. The van der Waals surface area contributed by atoms with Gasteiger partial charge in [0.1, 0.15) is 5.75 Å². The highest BCUT2D eigenvalue weighted by atomic mass is 32.2. The van der Waals surface area contributed by atoms with Gasteiger partial charge in [0.2, 0.25) is 21.1 Å². The first-order valence-electron chi connectivity index (χ1n) is 10.9. The van der Waals surface area contributed by atoms with Gasteiger partial charge in [-0.15, -0.1) is 5.10 Å². The van der Waals surface area contributed by atoms with Crippen LogP contribution in [0.15, 0.2) is 28.3 Å². The number of amides is 1. The maximum Gasteiger partial charge on any atom is 0.243 e. The molecular formula is C20H28N6O4S2. The first-order chi connectivity index (χ1) is 15.3. The standard InChI is InChI=1S/C20H28N6O4S2/c1-14(2)30-18-9-8-16(32(28,29)25-10-4-3-5-11-25)12-17(18)21-19(27)13-31-20-22-23-24-26(20)15-6-7-15/h8-9,12,14-15H,3-7,10-11,13H2,1-2H3,(H,21,27). The van der Waals surface area contributed by atoms with Crippen molar-refractivity contribution in [2.75, 3.05) is 24.2 Å². The van der Waals surface area contributed by atoms with E-state index in [9.17, 15) is 13.2 Å². The lowest BCUT2D eigenvalue weighted by molar-refractivity contribution is -0.113. The van der Waals surface area contributed by atoms with Gasteiger partial charge in [0.15, 0.2) is 0 Å². The smallest absolute Gasteiger partial charge is 0.243 e. The number of anilines is 1. The van der Waals surface area contributed by atoms with E-state index in [1.807, 2.05) is 13.8 Å². The van der Waals surface area contributed by atoms with E-state index in [4.69, 9.17) is 4.74 Å². The summed E-state index contributed by atoms with van der Waals surface area (Å²) in [6, 6.07) is 4.94. The first kappa shape index (κ1) is 23.0. The van der Waals surface area contributed by atoms with E-state index in [-0.39, 0.29) is 22.7 Å². The zero-order valence-electron chi connectivity index (χ0n) is 18.2. The summed E-state index contributed by atoms with van der Waals surface area (Å²) in [5.74, 6) is 0.234. The van der Waals surface area contributed by atoms with Crippen LogP contribution < -0.4 is 10.1 Å². The first-order valence-corrected chi connectivity index (χ1v) is 13.3. The maximum atomic E-state index is 13.1. The number of benzene rings is 1. The number of hydrogen-bond acceptors (Lipinski definition) is 8. The van der Waals surface area contributed by atoms with Crippen LogP contribution in [-0.2, 0) is 14.8 Å². The molecule has 0 spiro atoms. The van der Waals surface area contributed by atoms with Crippen LogP contribution in [0.4, 0.5) is 5.69 Å².